The predicted molar refractivity (Wildman–Crippen MR) is 133 cm³/mol. The van der Waals surface area contributed by atoms with Gasteiger partial charge in [-0.25, -0.2) is 9.37 Å². The number of carbonyl (C=O) groups is 1. The summed E-state index contributed by atoms with van der Waals surface area (Å²) < 4.78 is 15.7. The standard InChI is InChI=1S/C28H28FN5O/c1-2-27-31-18-24(34(27)23-13-11-22(29)12-14-23)19-32-16-17-33(28(35)25-10-6-7-15-30-25)26(20-32)21-8-4-3-5-9-21/h3-15,18,26H,2,16-17,19-20H2,1H3/t26-/m0/s1. The molecular weight excluding hydrogens is 441 g/mol. The smallest absolute Gasteiger partial charge is 0.273 e. The van der Waals surface area contributed by atoms with Gasteiger partial charge in [-0.3, -0.25) is 19.2 Å². The summed E-state index contributed by atoms with van der Waals surface area (Å²) in [6.45, 7) is 4.77. The molecule has 2 aromatic heterocycles. The highest BCUT2D eigenvalue weighted by molar-refractivity contribution is 5.92. The van der Waals surface area contributed by atoms with Crippen LogP contribution in [0.3, 0.4) is 0 Å². The van der Waals surface area contributed by atoms with Crippen LogP contribution >= 0.6 is 0 Å². The van der Waals surface area contributed by atoms with E-state index in [0.29, 0.717) is 25.3 Å². The first-order valence-corrected chi connectivity index (χ1v) is 11.9. The number of hydrogen-bond donors (Lipinski definition) is 0. The fraction of sp³-hybridized carbons (Fsp3) is 0.250. The first-order chi connectivity index (χ1) is 17.1. The maximum atomic E-state index is 13.5. The molecule has 1 saturated heterocycles. The van der Waals surface area contributed by atoms with E-state index in [0.717, 1.165) is 35.7 Å². The molecule has 5 rings (SSSR count). The average molecular weight is 470 g/mol. The van der Waals surface area contributed by atoms with Gasteiger partial charge in [-0.05, 0) is 42.0 Å². The quantitative estimate of drug-likeness (QED) is 0.412. The summed E-state index contributed by atoms with van der Waals surface area (Å²) in [6, 6.07) is 22.0. The van der Waals surface area contributed by atoms with E-state index in [1.807, 2.05) is 41.4 Å². The lowest BCUT2D eigenvalue weighted by Crippen LogP contribution is -2.50. The van der Waals surface area contributed by atoms with Gasteiger partial charge in [0.25, 0.3) is 5.91 Å². The number of nitrogens with zero attached hydrogens (tertiary/aromatic N) is 5. The number of piperazine rings is 1. The Kier molecular flexibility index (Phi) is 6.68. The lowest BCUT2D eigenvalue weighted by Gasteiger charge is -2.41. The molecule has 35 heavy (non-hydrogen) atoms. The molecule has 4 aromatic rings. The maximum absolute atomic E-state index is 13.5. The molecule has 0 aliphatic carbocycles. The van der Waals surface area contributed by atoms with E-state index < -0.39 is 0 Å². The van der Waals surface area contributed by atoms with Crippen molar-refractivity contribution in [1.29, 1.82) is 0 Å². The lowest BCUT2D eigenvalue weighted by atomic mass is 10.0. The number of carbonyl (C=O) groups excluding carboxylic acids is 1. The molecule has 0 saturated carbocycles. The number of amides is 1. The molecule has 1 aliphatic rings. The summed E-state index contributed by atoms with van der Waals surface area (Å²) in [7, 11) is 0. The minimum atomic E-state index is -0.257. The second kappa shape index (κ2) is 10.2. The number of benzene rings is 2. The van der Waals surface area contributed by atoms with Gasteiger partial charge in [0.2, 0.25) is 0 Å². The van der Waals surface area contributed by atoms with Crippen molar-refractivity contribution >= 4 is 5.91 Å². The highest BCUT2D eigenvalue weighted by atomic mass is 19.1. The fourth-order valence-corrected chi connectivity index (χ4v) is 4.75. The van der Waals surface area contributed by atoms with Crippen LogP contribution in [0.25, 0.3) is 5.69 Å². The van der Waals surface area contributed by atoms with Crippen LogP contribution in [0.5, 0.6) is 0 Å². The van der Waals surface area contributed by atoms with Gasteiger partial charge in [-0.15, -0.1) is 0 Å². The summed E-state index contributed by atoms with van der Waals surface area (Å²) in [6.07, 6.45) is 4.34. The molecular formula is C28H28FN5O. The molecule has 0 unspecified atom stereocenters. The number of hydrogen-bond acceptors (Lipinski definition) is 4. The second-order valence-corrected chi connectivity index (χ2v) is 8.71. The number of pyridine rings is 1. The van der Waals surface area contributed by atoms with E-state index >= 15 is 0 Å². The summed E-state index contributed by atoms with van der Waals surface area (Å²) >= 11 is 0. The predicted octanol–water partition coefficient (Wildman–Crippen LogP) is 4.67. The topological polar surface area (TPSA) is 54.3 Å². The largest absolute Gasteiger partial charge is 0.328 e. The molecule has 1 fully saturated rings. The first-order valence-electron chi connectivity index (χ1n) is 11.9. The van der Waals surface area contributed by atoms with E-state index in [9.17, 15) is 9.18 Å². The average Bonchev–Trinajstić information content (AvgIpc) is 3.32. The van der Waals surface area contributed by atoms with E-state index in [4.69, 9.17) is 0 Å². The van der Waals surface area contributed by atoms with Gasteiger partial charge < -0.3 is 4.90 Å². The molecule has 0 N–H and O–H groups in total. The highest BCUT2D eigenvalue weighted by Gasteiger charge is 2.33. The Hall–Kier alpha value is -3.84. The number of rotatable bonds is 6. The van der Waals surface area contributed by atoms with Gasteiger partial charge in [-0.1, -0.05) is 43.3 Å². The zero-order valence-corrected chi connectivity index (χ0v) is 19.7. The zero-order valence-electron chi connectivity index (χ0n) is 19.7. The lowest BCUT2D eigenvalue weighted by molar-refractivity contribution is 0.0425. The molecule has 2 aromatic carbocycles. The van der Waals surface area contributed by atoms with Crippen molar-refractivity contribution in [3.63, 3.8) is 0 Å². The minimum Gasteiger partial charge on any atom is -0.328 e. The molecule has 0 radical (unpaired) electrons. The van der Waals surface area contributed by atoms with Crippen LogP contribution in [-0.2, 0) is 13.0 Å². The van der Waals surface area contributed by atoms with E-state index in [2.05, 4.69) is 38.5 Å². The number of imidazole rings is 1. The van der Waals surface area contributed by atoms with Crippen LogP contribution in [0.2, 0.25) is 0 Å². The zero-order chi connectivity index (χ0) is 24.2. The van der Waals surface area contributed by atoms with Crippen LogP contribution in [0.4, 0.5) is 4.39 Å². The second-order valence-electron chi connectivity index (χ2n) is 8.71. The van der Waals surface area contributed by atoms with Gasteiger partial charge in [-0.2, -0.15) is 0 Å². The van der Waals surface area contributed by atoms with E-state index in [1.165, 1.54) is 12.1 Å². The van der Waals surface area contributed by atoms with Gasteiger partial charge >= 0.3 is 0 Å². The van der Waals surface area contributed by atoms with Crippen LogP contribution < -0.4 is 0 Å². The molecule has 1 atom stereocenters. The van der Waals surface area contributed by atoms with Crippen molar-refractivity contribution in [3.8, 4) is 5.69 Å². The van der Waals surface area contributed by atoms with E-state index in [-0.39, 0.29) is 17.8 Å². The van der Waals surface area contributed by atoms with Crippen LogP contribution in [0, 0.1) is 5.82 Å². The molecule has 1 aliphatic heterocycles. The number of aryl methyl sites for hydroxylation is 1. The fourth-order valence-electron chi connectivity index (χ4n) is 4.75. The maximum Gasteiger partial charge on any atom is 0.273 e. The third-order valence-corrected chi connectivity index (χ3v) is 6.49. The van der Waals surface area contributed by atoms with Gasteiger partial charge in [0.1, 0.15) is 17.3 Å². The van der Waals surface area contributed by atoms with Crippen LogP contribution in [0.1, 0.15) is 40.5 Å². The Labute approximate surface area is 204 Å². The van der Waals surface area contributed by atoms with Gasteiger partial charge in [0.05, 0.1) is 17.9 Å². The first kappa shape index (κ1) is 22.9. The van der Waals surface area contributed by atoms with Crippen molar-refractivity contribution < 1.29 is 9.18 Å². The minimum absolute atomic E-state index is 0.0521. The van der Waals surface area contributed by atoms with Gasteiger partial charge in [0.15, 0.2) is 0 Å². The van der Waals surface area contributed by atoms with Crippen molar-refractivity contribution in [2.24, 2.45) is 0 Å². The van der Waals surface area contributed by atoms with E-state index in [1.54, 1.807) is 24.4 Å². The molecule has 7 heteroatoms. The Bertz CT molecular complexity index is 1270. The summed E-state index contributed by atoms with van der Waals surface area (Å²) in [5.74, 6) is 0.631. The highest BCUT2D eigenvalue weighted by Crippen LogP contribution is 2.28. The van der Waals surface area contributed by atoms with Crippen LogP contribution in [-0.4, -0.2) is 49.9 Å². The van der Waals surface area contributed by atoms with Crippen molar-refractivity contribution in [2.75, 3.05) is 19.6 Å². The molecule has 1 amide bonds. The Morgan fingerprint density at radius 3 is 2.46 bits per heavy atom. The van der Waals surface area contributed by atoms with Crippen molar-refractivity contribution in [1.82, 2.24) is 24.3 Å². The number of aromatic nitrogens is 3. The molecule has 0 bridgehead atoms. The third kappa shape index (κ3) is 4.86. The molecule has 6 nitrogen and oxygen atoms in total. The SMILES string of the molecule is CCc1ncc(CN2CCN(C(=O)c3ccccn3)[C@H](c3ccccc3)C2)n1-c1ccc(F)cc1. The van der Waals surface area contributed by atoms with Crippen molar-refractivity contribution in [3.05, 3.63) is 114 Å². The monoisotopic (exact) mass is 469 g/mol. The van der Waals surface area contributed by atoms with Crippen LogP contribution in [0.15, 0.2) is 85.2 Å². The summed E-state index contributed by atoms with van der Waals surface area (Å²) in [5, 5.41) is 0. The van der Waals surface area contributed by atoms with Crippen molar-refractivity contribution in [2.45, 2.75) is 25.9 Å². The molecule has 3 heterocycles. The molecule has 0 spiro atoms. The Morgan fingerprint density at radius 2 is 1.74 bits per heavy atom. The number of halogens is 1. The molecule has 178 valence electrons. The van der Waals surface area contributed by atoms with Gasteiger partial charge in [0, 0.05) is 44.5 Å². The summed E-state index contributed by atoms with van der Waals surface area (Å²) in [4.78, 5) is 26.6. The normalized spacial score (nSPS) is 16.4. The Morgan fingerprint density at radius 1 is 0.971 bits per heavy atom. The Balaban J connectivity index is 1.42. The third-order valence-electron chi connectivity index (χ3n) is 6.49. The summed E-state index contributed by atoms with van der Waals surface area (Å²) in [5.41, 5.74) is 3.51.